The van der Waals surface area contributed by atoms with Crippen molar-refractivity contribution in [2.45, 2.75) is 57.1 Å². The largest absolute Gasteiger partial charge is 0.436 e. The number of amides is 1. The average Bonchev–Trinajstić information content (AvgIpc) is 3.49. The summed E-state index contributed by atoms with van der Waals surface area (Å²) in [6, 6.07) is 4.81. The lowest BCUT2D eigenvalue weighted by Gasteiger charge is -2.47. The van der Waals surface area contributed by atoms with Crippen LogP contribution in [0, 0.1) is 0 Å². The normalized spacial score (nSPS) is 18.2. The molecule has 5 rings (SSSR count). The molecule has 15 heteroatoms. The number of aliphatic hydroxyl groups excluding tert-OH is 1. The van der Waals surface area contributed by atoms with Gasteiger partial charge in [-0.1, -0.05) is 24.0 Å². The van der Waals surface area contributed by atoms with Gasteiger partial charge in [-0.15, -0.1) is 0 Å². The third kappa shape index (κ3) is 6.25. The molecule has 0 aromatic carbocycles. The number of rotatable bonds is 8. The maximum atomic E-state index is 13.8. The second-order valence-electron chi connectivity index (χ2n) is 10.1. The Hall–Kier alpha value is -3.59. The van der Waals surface area contributed by atoms with Crippen molar-refractivity contribution in [1.29, 1.82) is 0 Å². The first-order chi connectivity index (χ1) is 19.0. The van der Waals surface area contributed by atoms with Gasteiger partial charge < -0.3 is 20.3 Å². The van der Waals surface area contributed by atoms with Gasteiger partial charge in [0, 0.05) is 55.9 Å². The molecule has 216 valence electrons. The summed E-state index contributed by atoms with van der Waals surface area (Å²) >= 11 is 0. The Kier molecular flexibility index (Phi) is 7.77. The second-order valence-corrected chi connectivity index (χ2v) is 10.1. The maximum absolute atomic E-state index is 13.8. The number of pyridine rings is 1. The van der Waals surface area contributed by atoms with Crippen LogP contribution in [0.4, 0.5) is 33.5 Å². The molecule has 0 aliphatic carbocycles. The van der Waals surface area contributed by atoms with Gasteiger partial charge in [-0.25, -0.2) is 8.78 Å². The van der Waals surface area contributed by atoms with Crippen LogP contribution >= 0.6 is 0 Å². The predicted octanol–water partition coefficient (Wildman–Crippen LogP) is 4.21. The summed E-state index contributed by atoms with van der Waals surface area (Å²) in [7, 11) is 0. The van der Waals surface area contributed by atoms with E-state index in [1.165, 1.54) is 36.3 Å². The zero-order valence-corrected chi connectivity index (χ0v) is 21.5. The molecule has 2 aliphatic rings. The standard InChI is InChI=1S/C25H28F5N8O2/c1-15(39)24(40)35-7-5-17(6-8-35)36-11-18(12-36)38-13-20(22(34-38)23(26)27)33-21-4-2-3-19(32-21)16-9-31-37(10-16)14-25(28,29)30/h2-4,9-10,13,15,17-18,23,39H,5-8,11-12,14H2,1H3/q-1/t15-/m0/s1. The van der Waals surface area contributed by atoms with Crippen LogP contribution in [0.25, 0.3) is 16.6 Å². The molecule has 0 radical (unpaired) electrons. The Balaban J connectivity index is 1.22. The first-order valence-corrected chi connectivity index (χ1v) is 12.8. The third-order valence-corrected chi connectivity index (χ3v) is 7.10. The van der Waals surface area contributed by atoms with Crippen LogP contribution in [-0.4, -0.2) is 89.9 Å². The highest BCUT2D eigenvalue weighted by Gasteiger charge is 2.37. The third-order valence-electron chi connectivity index (χ3n) is 7.10. The first kappa shape index (κ1) is 28.0. The van der Waals surface area contributed by atoms with Gasteiger partial charge in [-0.3, -0.25) is 19.1 Å². The Morgan fingerprint density at radius 3 is 2.52 bits per heavy atom. The van der Waals surface area contributed by atoms with Crippen LogP contribution in [0.5, 0.6) is 0 Å². The highest BCUT2D eigenvalue weighted by atomic mass is 19.4. The fourth-order valence-corrected chi connectivity index (χ4v) is 5.03. The fraction of sp³-hybridized carbons (Fsp3) is 0.520. The molecule has 2 fully saturated rings. The van der Waals surface area contributed by atoms with E-state index in [2.05, 4.69) is 25.4 Å². The number of hydrogen-bond donors (Lipinski definition) is 1. The Bertz CT molecular complexity index is 1330. The number of aromatic nitrogens is 5. The van der Waals surface area contributed by atoms with Gasteiger partial charge in [0.1, 0.15) is 18.3 Å². The lowest BCUT2D eigenvalue weighted by atomic mass is 9.97. The van der Waals surface area contributed by atoms with Gasteiger partial charge in [0.15, 0.2) is 0 Å². The highest BCUT2D eigenvalue weighted by molar-refractivity contribution is 5.80. The lowest BCUT2D eigenvalue weighted by Crippen LogP contribution is -2.56. The van der Waals surface area contributed by atoms with Crippen LogP contribution in [-0.2, 0) is 11.3 Å². The van der Waals surface area contributed by atoms with Gasteiger partial charge in [0.2, 0.25) is 0 Å². The van der Waals surface area contributed by atoms with Gasteiger partial charge in [-0.2, -0.15) is 23.4 Å². The van der Waals surface area contributed by atoms with Crippen LogP contribution in [0.15, 0.2) is 36.8 Å². The summed E-state index contributed by atoms with van der Waals surface area (Å²) in [5.74, 6) is -0.167. The molecule has 10 nitrogen and oxygen atoms in total. The van der Waals surface area contributed by atoms with E-state index in [0.717, 1.165) is 17.5 Å². The van der Waals surface area contributed by atoms with E-state index in [1.54, 1.807) is 17.0 Å². The van der Waals surface area contributed by atoms with Crippen molar-refractivity contribution in [3.05, 3.63) is 47.8 Å². The van der Waals surface area contributed by atoms with E-state index in [9.17, 15) is 31.9 Å². The van der Waals surface area contributed by atoms with E-state index in [4.69, 9.17) is 0 Å². The zero-order valence-electron chi connectivity index (χ0n) is 21.5. The number of hydrogen-bond acceptors (Lipinski definition) is 6. The van der Waals surface area contributed by atoms with Crippen molar-refractivity contribution in [2.75, 3.05) is 26.2 Å². The van der Waals surface area contributed by atoms with Crippen LogP contribution in [0.1, 0.15) is 37.9 Å². The summed E-state index contributed by atoms with van der Waals surface area (Å²) < 4.78 is 67.8. The van der Waals surface area contributed by atoms with Crippen molar-refractivity contribution in [2.24, 2.45) is 0 Å². The van der Waals surface area contributed by atoms with Crippen LogP contribution in [0.3, 0.4) is 0 Å². The van der Waals surface area contributed by atoms with Crippen molar-refractivity contribution in [3.63, 3.8) is 0 Å². The van der Waals surface area contributed by atoms with E-state index < -0.39 is 30.9 Å². The molecule has 5 heterocycles. The smallest absolute Gasteiger partial charge is 0.408 e. The number of nitrogens with zero attached hydrogens (tertiary/aromatic N) is 8. The highest BCUT2D eigenvalue weighted by Crippen LogP contribution is 2.39. The summed E-state index contributed by atoms with van der Waals surface area (Å²) in [6.07, 6.45) is -2.85. The Morgan fingerprint density at radius 2 is 1.88 bits per heavy atom. The molecule has 40 heavy (non-hydrogen) atoms. The van der Waals surface area contributed by atoms with E-state index >= 15 is 0 Å². The van der Waals surface area contributed by atoms with Gasteiger partial charge in [-0.05, 0) is 25.5 Å². The van der Waals surface area contributed by atoms with Crippen molar-refractivity contribution >= 4 is 17.4 Å². The van der Waals surface area contributed by atoms with Crippen molar-refractivity contribution < 1.29 is 31.9 Å². The quantitative estimate of drug-likeness (QED) is 0.409. The summed E-state index contributed by atoms with van der Waals surface area (Å²) in [5.41, 5.74) is 0.127. The van der Waals surface area contributed by atoms with E-state index in [0.29, 0.717) is 37.4 Å². The monoisotopic (exact) mass is 567 g/mol. The topological polar surface area (TPSA) is 106 Å². The van der Waals surface area contributed by atoms with Crippen LogP contribution in [0.2, 0.25) is 0 Å². The molecule has 2 aliphatic heterocycles. The van der Waals surface area contributed by atoms with Gasteiger partial charge >= 0.3 is 6.18 Å². The second kappa shape index (κ2) is 11.1. The number of carbonyl (C=O) groups is 1. The molecule has 0 unspecified atom stereocenters. The summed E-state index contributed by atoms with van der Waals surface area (Å²) in [6.45, 7) is 2.57. The molecule has 1 N–H and O–H groups in total. The molecular weight excluding hydrogens is 539 g/mol. The van der Waals surface area contributed by atoms with E-state index in [-0.39, 0.29) is 29.5 Å². The average molecular weight is 568 g/mol. The molecule has 1 amide bonds. The zero-order chi connectivity index (χ0) is 28.6. The van der Waals surface area contributed by atoms with Gasteiger partial charge in [0.25, 0.3) is 12.3 Å². The van der Waals surface area contributed by atoms with Crippen molar-refractivity contribution in [3.8, 4) is 11.3 Å². The number of aliphatic hydroxyl groups is 1. The summed E-state index contributed by atoms with van der Waals surface area (Å²) in [4.78, 5) is 20.2. The predicted molar refractivity (Wildman–Crippen MR) is 133 cm³/mol. The Morgan fingerprint density at radius 1 is 1.15 bits per heavy atom. The minimum absolute atomic E-state index is 0.0317. The molecule has 3 aromatic rings. The number of carbonyl (C=O) groups excluding carboxylic acids is 1. The minimum Gasteiger partial charge on any atom is -0.436 e. The molecular formula is C25H28F5N8O2-. The molecule has 0 bridgehead atoms. The maximum Gasteiger partial charge on any atom is 0.408 e. The number of alkyl halides is 5. The SMILES string of the molecule is C[C@H](O)C(=O)N1CCC(N2CC(n3cc([N-]c4cccc(-c5cnn(CC(F)(F)F)c5)n4)c(C(F)F)n3)C2)CC1. The van der Waals surface area contributed by atoms with E-state index in [1.807, 2.05) is 0 Å². The molecule has 2 saturated heterocycles. The van der Waals surface area contributed by atoms with Crippen molar-refractivity contribution in [1.82, 2.24) is 34.3 Å². The van der Waals surface area contributed by atoms with Crippen LogP contribution < -0.4 is 0 Å². The number of piperidine rings is 1. The molecule has 0 spiro atoms. The number of halogens is 5. The first-order valence-electron chi connectivity index (χ1n) is 12.8. The molecule has 1 atom stereocenters. The fourth-order valence-electron chi connectivity index (χ4n) is 5.03. The summed E-state index contributed by atoms with van der Waals surface area (Å²) in [5, 5.41) is 21.6. The molecule has 3 aromatic heterocycles. The minimum atomic E-state index is -4.42. The Labute approximate surface area is 226 Å². The number of likely N-dealkylation sites (tertiary alicyclic amines) is 2. The molecule has 0 saturated carbocycles. The van der Waals surface area contributed by atoms with Gasteiger partial charge in [0.05, 0.1) is 12.2 Å². The lowest BCUT2D eigenvalue weighted by molar-refractivity contribution is -0.142.